The SMILES string of the molecule is CC(=O)/C=C(/C)O.[Ir].[c-]1ccccc1-c1ncnc2sc3ccc4ccccc4c3c12. The number of fused-ring (bicyclic) bond motifs is 5. The molecule has 2 aromatic heterocycles. The second kappa shape index (κ2) is 9.92. The Kier molecular flexibility index (Phi) is 7.29. The van der Waals surface area contributed by atoms with Gasteiger partial charge in [0.1, 0.15) is 11.2 Å². The maximum atomic E-state index is 10.0. The van der Waals surface area contributed by atoms with E-state index in [4.69, 9.17) is 5.11 Å². The van der Waals surface area contributed by atoms with Gasteiger partial charge in [0.2, 0.25) is 0 Å². The number of carbonyl (C=O) groups excluding carboxylic acids is 1. The molecule has 0 unspecified atom stereocenters. The zero-order valence-electron chi connectivity index (χ0n) is 16.9. The zero-order valence-corrected chi connectivity index (χ0v) is 20.1. The van der Waals surface area contributed by atoms with Crippen molar-refractivity contribution in [3.05, 3.63) is 84.9 Å². The van der Waals surface area contributed by atoms with Gasteiger partial charge in [-0.2, -0.15) is 0 Å². The molecular weight excluding hydrogens is 585 g/mol. The number of ketones is 1. The third-order valence-electron chi connectivity index (χ3n) is 4.54. The summed E-state index contributed by atoms with van der Waals surface area (Å²) in [6.45, 7) is 2.85. The van der Waals surface area contributed by atoms with E-state index in [0.717, 1.165) is 21.5 Å². The maximum absolute atomic E-state index is 10.0. The molecule has 0 atom stereocenters. The molecule has 0 bridgehead atoms. The summed E-state index contributed by atoms with van der Waals surface area (Å²) >= 11 is 1.72. The standard InChI is InChI=1S/C20H11N2S.C5H8O2.Ir/c1-2-7-14(8-3-1)19-18-17-15-9-5-4-6-13(15)10-11-16(17)23-20(18)22-12-21-19;1-4(6)3-5(2)7;/h1-7,9-12H;3,6H,1-2H3;/q-1;;/b;4-3-;. The molecule has 0 aliphatic heterocycles. The van der Waals surface area contributed by atoms with Crippen LogP contribution in [-0.4, -0.2) is 20.9 Å². The number of thiophene rings is 1. The largest absolute Gasteiger partial charge is 0.512 e. The van der Waals surface area contributed by atoms with Gasteiger partial charge in [-0.1, -0.05) is 30.3 Å². The van der Waals surface area contributed by atoms with Gasteiger partial charge in [-0.3, -0.25) is 9.78 Å². The molecule has 1 N–H and O–H groups in total. The first kappa shape index (κ1) is 22.8. The summed E-state index contributed by atoms with van der Waals surface area (Å²) in [5.74, 6) is -0.0625. The minimum atomic E-state index is -0.125. The van der Waals surface area contributed by atoms with Crippen LogP contribution in [0.3, 0.4) is 0 Å². The van der Waals surface area contributed by atoms with Crippen LogP contribution < -0.4 is 0 Å². The fourth-order valence-electron chi connectivity index (χ4n) is 3.41. The number of benzene rings is 3. The van der Waals surface area contributed by atoms with Crippen molar-refractivity contribution in [1.29, 1.82) is 0 Å². The molecule has 2 heterocycles. The topological polar surface area (TPSA) is 63.1 Å². The van der Waals surface area contributed by atoms with E-state index in [0.29, 0.717) is 0 Å². The number of aliphatic hydroxyl groups is 1. The third kappa shape index (κ3) is 4.88. The normalized spacial score (nSPS) is 11.1. The smallest absolute Gasteiger partial charge is 0.155 e. The van der Waals surface area contributed by atoms with Crippen molar-refractivity contribution in [2.75, 3.05) is 0 Å². The van der Waals surface area contributed by atoms with Crippen molar-refractivity contribution in [2.45, 2.75) is 13.8 Å². The molecular formula is C25H19IrN2O2S-. The molecule has 0 amide bonds. The number of aromatic nitrogens is 2. The average Bonchev–Trinajstić information content (AvgIpc) is 3.13. The van der Waals surface area contributed by atoms with Crippen LogP contribution in [0.4, 0.5) is 0 Å². The predicted octanol–water partition coefficient (Wildman–Crippen LogP) is 6.50. The second-order valence-electron chi connectivity index (χ2n) is 6.84. The fourth-order valence-corrected chi connectivity index (χ4v) is 4.47. The maximum Gasteiger partial charge on any atom is 0.155 e. The molecule has 5 aromatic rings. The molecule has 157 valence electrons. The molecule has 31 heavy (non-hydrogen) atoms. The molecule has 5 rings (SSSR count). The van der Waals surface area contributed by atoms with E-state index in [1.807, 2.05) is 18.2 Å². The number of carbonyl (C=O) groups is 1. The zero-order chi connectivity index (χ0) is 21.1. The van der Waals surface area contributed by atoms with Crippen LogP contribution >= 0.6 is 11.3 Å². The van der Waals surface area contributed by atoms with Gasteiger partial charge in [0.15, 0.2) is 5.78 Å². The van der Waals surface area contributed by atoms with Crippen LogP contribution in [0.25, 0.3) is 42.3 Å². The number of hydrogen-bond donors (Lipinski definition) is 1. The van der Waals surface area contributed by atoms with Gasteiger partial charge in [-0.15, -0.1) is 47.2 Å². The Bertz CT molecular complexity index is 1390. The monoisotopic (exact) mass is 604 g/mol. The van der Waals surface area contributed by atoms with Crippen LogP contribution in [-0.2, 0) is 24.9 Å². The molecule has 4 nitrogen and oxygen atoms in total. The summed E-state index contributed by atoms with van der Waals surface area (Å²) in [6, 6.07) is 24.1. The first-order valence-electron chi connectivity index (χ1n) is 9.44. The Morgan fingerprint density at radius 2 is 1.77 bits per heavy atom. The second-order valence-corrected chi connectivity index (χ2v) is 7.87. The number of aliphatic hydroxyl groups excluding tert-OH is 1. The summed E-state index contributed by atoms with van der Waals surface area (Å²) < 4.78 is 1.25. The van der Waals surface area contributed by atoms with E-state index in [-0.39, 0.29) is 31.6 Å². The van der Waals surface area contributed by atoms with Crippen LogP contribution in [0.2, 0.25) is 0 Å². The van der Waals surface area contributed by atoms with Gasteiger partial charge in [-0.25, -0.2) is 4.98 Å². The number of nitrogens with zero attached hydrogens (tertiary/aromatic N) is 2. The van der Waals surface area contributed by atoms with E-state index in [9.17, 15) is 4.79 Å². The van der Waals surface area contributed by atoms with E-state index in [1.165, 1.54) is 40.8 Å². The van der Waals surface area contributed by atoms with Crippen LogP contribution in [0, 0.1) is 6.07 Å². The van der Waals surface area contributed by atoms with Crippen molar-refractivity contribution >= 4 is 48.2 Å². The van der Waals surface area contributed by atoms with Crippen molar-refractivity contribution in [3.8, 4) is 11.3 Å². The number of hydrogen-bond acceptors (Lipinski definition) is 5. The first-order valence-corrected chi connectivity index (χ1v) is 10.3. The first-order chi connectivity index (χ1) is 14.5. The van der Waals surface area contributed by atoms with E-state index in [2.05, 4.69) is 58.5 Å². The number of allylic oxidation sites excluding steroid dienone is 2. The molecule has 6 heteroatoms. The Morgan fingerprint density at radius 1 is 1.00 bits per heavy atom. The van der Waals surface area contributed by atoms with E-state index < -0.39 is 0 Å². The molecule has 1 radical (unpaired) electrons. The molecule has 3 aromatic carbocycles. The predicted molar refractivity (Wildman–Crippen MR) is 124 cm³/mol. The van der Waals surface area contributed by atoms with Gasteiger partial charge in [-0.05, 0) is 30.7 Å². The molecule has 0 saturated heterocycles. The summed E-state index contributed by atoms with van der Waals surface area (Å²) in [6.07, 6.45) is 2.82. The molecule has 0 saturated carbocycles. The minimum Gasteiger partial charge on any atom is -0.512 e. The van der Waals surface area contributed by atoms with Crippen LogP contribution in [0.15, 0.2) is 78.8 Å². The summed E-state index contributed by atoms with van der Waals surface area (Å²) in [5.41, 5.74) is 1.96. The summed E-state index contributed by atoms with van der Waals surface area (Å²) in [7, 11) is 0. The Hall–Kier alpha value is -2.92. The van der Waals surface area contributed by atoms with Crippen molar-refractivity contribution in [3.63, 3.8) is 0 Å². The van der Waals surface area contributed by atoms with Crippen molar-refractivity contribution in [2.24, 2.45) is 0 Å². The quantitative estimate of drug-likeness (QED) is 0.142. The summed E-state index contributed by atoms with van der Waals surface area (Å²) in [5, 5.41) is 13.2. The third-order valence-corrected chi connectivity index (χ3v) is 5.60. The average molecular weight is 604 g/mol. The van der Waals surface area contributed by atoms with Gasteiger partial charge in [0.25, 0.3) is 0 Å². The van der Waals surface area contributed by atoms with Crippen molar-refractivity contribution < 1.29 is 30.0 Å². The summed E-state index contributed by atoms with van der Waals surface area (Å²) in [4.78, 5) is 20.1. The number of rotatable bonds is 2. The van der Waals surface area contributed by atoms with Crippen LogP contribution in [0.1, 0.15) is 13.8 Å². The Labute approximate surface area is 197 Å². The Balaban J connectivity index is 0.000000299. The molecule has 0 fully saturated rings. The van der Waals surface area contributed by atoms with Crippen molar-refractivity contribution in [1.82, 2.24) is 9.97 Å². The van der Waals surface area contributed by atoms with Gasteiger partial charge in [0, 0.05) is 47.3 Å². The van der Waals surface area contributed by atoms with E-state index >= 15 is 0 Å². The van der Waals surface area contributed by atoms with Gasteiger partial charge >= 0.3 is 0 Å². The molecule has 0 aliphatic rings. The van der Waals surface area contributed by atoms with E-state index in [1.54, 1.807) is 17.7 Å². The van der Waals surface area contributed by atoms with Gasteiger partial charge in [0.05, 0.1) is 5.76 Å². The molecule has 0 spiro atoms. The molecule has 0 aliphatic carbocycles. The van der Waals surface area contributed by atoms with Crippen LogP contribution in [0.5, 0.6) is 0 Å². The Morgan fingerprint density at radius 3 is 2.45 bits per heavy atom. The van der Waals surface area contributed by atoms with Gasteiger partial charge < -0.3 is 5.11 Å². The minimum absolute atomic E-state index is 0. The fraction of sp³-hybridized carbons (Fsp3) is 0.0800.